The van der Waals surface area contributed by atoms with Crippen LogP contribution in [0, 0.1) is 0 Å². The van der Waals surface area contributed by atoms with Crippen molar-refractivity contribution in [1.82, 2.24) is 4.98 Å². The maximum absolute atomic E-state index is 5.89. The van der Waals surface area contributed by atoms with Crippen LogP contribution in [0.4, 0.5) is 0 Å². The van der Waals surface area contributed by atoms with E-state index in [4.69, 9.17) is 16.6 Å². The summed E-state index contributed by atoms with van der Waals surface area (Å²) in [6, 6.07) is 18.2. The third-order valence-corrected chi connectivity index (χ3v) is 4.79. The molecular formula is C15H10ClNSe. The van der Waals surface area contributed by atoms with Crippen molar-refractivity contribution < 1.29 is 0 Å². The second-order valence-electron chi connectivity index (χ2n) is 3.91. The molecule has 2 aromatic carbocycles. The van der Waals surface area contributed by atoms with E-state index in [1.165, 1.54) is 10.1 Å². The molecule has 3 aromatic rings. The summed E-state index contributed by atoms with van der Waals surface area (Å²) in [6.07, 6.45) is 0. The average molecular weight is 319 g/mol. The first-order valence-corrected chi connectivity index (χ1v) is 7.82. The average Bonchev–Trinajstić information content (AvgIpc) is 2.90. The Kier molecular flexibility index (Phi) is 3.33. The number of hydrogen-bond acceptors (Lipinski definition) is 1. The van der Waals surface area contributed by atoms with Gasteiger partial charge in [-0.1, -0.05) is 0 Å². The zero-order chi connectivity index (χ0) is 12.4. The summed E-state index contributed by atoms with van der Waals surface area (Å²) in [5.74, 6) is 0. The fourth-order valence-electron chi connectivity index (χ4n) is 1.74. The Morgan fingerprint density at radius 2 is 1.56 bits per heavy atom. The predicted molar refractivity (Wildman–Crippen MR) is 77.1 cm³/mol. The molecule has 0 saturated carbocycles. The topological polar surface area (TPSA) is 12.9 Å². The molecule has 3 rings (SSSR count). The molecule has 0 bridgehead atoms. The van der Waals surface area contributed by atoms with Crippen LogP contribution in [-0.2, 0) is 0 Å². The van der Waals surface area contributed by atoms with Crippen molar-refractivity contribution in [2.75, 3.05) is 0 Å². The maximum atomic E-state index is 5.89. The molecule has 0 radical (unpaired) electrons. The van der Waals surface area contributed by atoms with Crippen LogP contribution in [0.15, 0.2) is 59.5 Å². The monoisotopic (exact) mass is 319 g/mol. The Hall–Kier alpha value is -1.34. The number of hydrogen-bond donors (Lipinski definition) is 0. The van der Waals surface area contributed by atoms with E-state index in [9.17, 15) is 0 Å². The van der Waals surface area contributed by atoms with Crippen LogP contribution in [0.2, 0.25) is 5.02 Å². The molecule has 0 aliphatic rings. The van der Waals surface area contributed by atoms with E-state index in [2.05, 4.69) is 17.1 Å². The van der Waals surface area contributed by atoms with Crippen molar-refractivity contribution in [1.29, 1.82) is 0 Å². The molecular weight excluding hydrogens is 309 g/mol. The van der Waals surface area contributed by atoms with Crippen LogP contribution in [0.1, 0.15) is 0 Å². The van der Waals surface area contributed by atoms with E-state index in [-0.39, 0.29) is 0 Å². The number of halogens is 1. The van der Waals surface area contributed by atoms with Crippen LogP contribution in [0.3, 0.4) is 0 Å². The second-order valence-corrected chi connectivity index (χ2v) is 6.15. The molecule has 0 saturated heterocycles. The van der Waals surface area contributed by atoms with Gasteiger partial charge in [0.15, 0.2) is 0 Å². The summed E-state index contributed by atoms with van der Waals surface area (Å²) >= 11 is 6.21. The van der Waals surface area contributed by atoms with Gasteiger partial charge in [-0.25, -0.2) is 0 Å². The molecule has 0 atom stereocenters. The zero-order valence-electron chi connectivity index (χ0n) is 9.51. The van der Waals surface area contributed by atoms with Crippen molar-refractivity contribution in [3.05, 3.63) is 64.6 Å². The minimum atomic E-state index is 0.316. The summed E-state index contributed by atoms with van der Waals surface area (Å²) in [5, 5.41) is 0.759. The number of benzene rings is 2. The van der Waals surface area contributed by atoms with Crippen molar-refractivity contribution in [3.8, 4) is 21.4 Å². The number of nitrogens with zero attached hydrogens (tertiary/aromatic N) is 1. The molecule has 0 unspecified atom stereocenters. The predicted octanol–water partition coefficient (Wildman–Crippen LogP) is 4.13. The Bertz CT molecular complexity index is 644. The fourth-order valence-corrected chi connectivity index (χ4v) is 3.62. The van der Waals surface area contributed by atoms with Gasteiger partial charge >= 0.3 is 117 Å². The Labute approximate surface area is 117 Å². The summed E-state index contributed by atoms with van der Waals surface area (Å²) in [6.45, 7) is 0. The first kappa shape index (κ1) is 11.7. The standard InChI is InChI=1S/C15H10ClNSe/c16-13-8-6-11(7-9-13)14-10-18-15(17-14)12-4-2-1-3-5-12/h1-10H. The van der Waals surface area contributed by atoms with Gasteiger partial charge < -0.3 is 0 Å². The van der Waals surface area contributed by atoms with E-state index in [0.29, 0.717) is 14.5 Å². The van der Waals surface area contributed by atoms with Crippen LogP contribution >= 0.6 is 11.6 Å². The molecule has 88 valence electrons. The van der Waals surface area contributed by atoms with Gasteiger partial charge in [0.1, 0.15) is 0 Å². The van der Waals surface area contributed by atoms with Gasteiger partial charge in [0, 0.05) is 0 Å². The normalized spacial score (nSPS) is 10.5. The van der Waals surface area contributed by atoms with E-state index in [0.717, 1.165) is 16.3 Å². The van der Waals surface area contributed by atoms with Gasteiger partial charge in [-0.3, -0.25) is 0 Å². The third kappa shape index (κ3) is 2.41. The van der Waals surface area contributed by atoms with E-state index < -0.39 is 0 Å². The van der Waals surface area contributed by atoms with Crippen LogP contribution in [0.5, 0.6) is 0 Å². The summed E-state index contributed by atoms with van der Waals surface area (Å²) < 4.78 is 1.19. The van der Waals surface area contributed by atoms with E-state index in [1.54, 1.807) is 0 Å². The molecule has 1 heterocycles. The van der Waals surface area contributed by atoms with Gasteiger partial charge in [-0.15, -0.1) is 0 Å². The Balaban J connectivity index is 1.97. The molecule has 0 aliphatic carbocycles. The molecule has 0 aliphatic heterocycles. The molecule has 1 nitrogen and oxygen atoms in total. The number of rotatable bonds is 2. The number of aromatic nitrogens is 1. The third-order valence-electron chi connectivity index (χ3n) is 2.66. The molecule has 3 heteroatoms. The molecule has 0 spiro atoms. The molecule has 0 N–H and O–H groups in total. The molecule has 0 amide bonds. The van der Waals surface area contributed by atoms with Crippen molar-refractivity contribution in [3.63, 3.8) is 0 Å². The first-order chi connectivity index (χ1) is 8.83. The molecule has 1 aromatic heterocycles. The zero-order valence-corrected chi connectivity index (χ0v) is 12.0. The van der Waals surface area contributed by atoms with Crippen molar-refractivity contribution in [2.24, 2.45) is 0 Å². The van der Waals surface area contributed by atoms with E-state index >= 15 is 0 Å². The van der Waals surface area contributed by atoms with Gasteiger partial charge in [0.25, 0.3) is 0 Å². The van der Waals surface area contributed by atoms with Gasteiger partial charge in [0.2, 0.25) is 0 Å². The van der Waals surface area contributed by atoms with Crippen LogP contribution in [-0.4, -0.2) is 19.5 Å². The van der Waals surface area contributed by atoms with Crippen molar-refractivity contribution >= 4 is 26.1 Å². The Morgan fingerprint density at radius 1 is 0.833 bits per heavy atom. The second kappa shape index (κ2) is 5.11. The molecule has 18 heavy (non-hydrogen) atoms. The van der Waals surface area contributed by atoms with E-state index in [1.807, 2.05) is 42.5 Å². The Morgan fingerprint density at radius 3 is 2.28 bits per heavy atom. The molecule has 0 fully saturated rings. The SMILES string of the molecule is Clc1ccc(-c2c[se]c(-c3ccccc3)n2)cc1. The summed E-state index contributed by atoms with van der Waals surface area (Å²) in [7, 11) is 0. The van der Waals surface area contributed by atoms with Crippen LogP contribution < -0.4 is 0 Å². The van der Waals surface area contributed by atoms with Crippen molar-refractivity contribution in [2.45, 2.75) is 0 Å². The van der Waals surface area contributed by atoms with Gasteiger partial charge in [0.05, 0.1) is 0 Å². The quantitative estimate of drug-likeness (QED) is 0.648. The van der Waals surface area contributed by atoms with Gasteiger partial charge in [-0.2, -0.15) is 0 Å². The van der Waals surface area contributed by atoms with Gasteiger partial charge in [-0.05, 0) is 0 Å². The summed E-state index contributed by atoms with van der Waals surface area (Å²) in [5.41, 5.74) is 3.41. The minimum absolute atomic E-state index is 0.316. The first-order valence-electron chi connectivity index (χ1n) is 5.60. The summed E-state index contributed by atoms with van der Waals surface area (Å²) in [4.78, 5) is 6.94. The fraction of sp³-hybridized carbons (Fsp3) is 0. The van der Waals surface area contributed by atoms with Crippen LogP contribution in [0.25, 0.3) is 21.4 Å².